The van der Waals surface area contributed by atoms with Crippen LogP contribution in [0.1, 0.15) is 0 Å². The highest BCUT2D eigenvalue weighted by Crippen LogP contribution is 1.97. The molecule has 0 rings (SSSR count). The summed E-state index contributed by atoms with van der Waals surface area (Å²) in [4.78, 5) is 41.6. The second-order valence-corrected chi connectivity index (χ2v) is 5.73. The number of nitrogens with zero attached hydrogens (tertiary/aromatic N) is 4. The minimum atomic E-state index is -0.141. The van der Waals surface area contributed by atoms with Crippen LogP contribution in [0.25, 0.3) is 0 Å². The molecule has 0 radical (unpaired) electrons. The van der Waals surface area contributed by atoms with Gasteiger partial charge in [-0.3, -0.25) is 19.3 Å². The Labute approximate surface area is 150 Å². The fraction of sp³-hybridized carbons (Fsp3) is 0.500. The fourth-order valence-electron chi connectivity index (χ4n) is 2.01. The third kappa shape index (κ3) is 8.85. The van der Waals surface area contributed by atoms with Crippen molar-refractivity contribution in [2.75, 3.05) is 60.4 Å². The van der Waals surface area contributed by atoms with Gasteiger partial charge in [0.15, 0.2) is 0 Å². The number of hydrogen-bond donors (Lipinski definition) is 0. The molecule has 140 valence electrons. The highest BCUT2D eigenvalue weighted by atomic mass is 16.2. The van der Waals surface area contributed by atoms with Crippen LogP contribution in [-0.4, -0.2) is 97.7 Å². The van der Waals surface area contributed by atoms with Crippen LogP contribution in [0.5, 0.6) is 0 Å². The molecule has 0 unspecified atom stereocenters. The van der Waals surface area contributed by atoms with E-state index in [-0.39, 0.29) is 17.7 Å². The molecule has 0 atom stereocenters. The van der Waals surface area contributed by atoms with Gasteiger partial charge >= 0.3 is 0 Å². The summed E-state index contributed by atoms with van der Waals surface area (Å²) >= 11 is 0. The van der Waals surface area contributed by atoms with E-state index < -0.39 is 0 Å². The molecule has 0 heterocycles. The molecule has 0 N–H and O–H groups in total. The van der Waals surface area contributed by atoms with E-state index in [0.29, 0.717) is 39.3 Å². The number of amides is 3. The van der Waals surface area contributed by atoms with Crippen molar-refractivity contribution in [2.45, 2.75) is 0 Å². The van der Waals surface area contributed by atoms with Crippen LogP contribution in [0.15, 0.2) is 38.0 Å². The minimum Gasteiger partial charge on any atom is -0.341 e. The second kappa shape index (κ2) is 12.0. The van der Waals surface area contributed by atoms with Gasteiger partial charge in [0.2, 0.25) is 17.7 Å². The lowest BCUT2D eigenvalue weighted by atomic mass is 10.3. The van der Waals surface area contributed by atoms with Gasteiger partial charge in [-0.1, -0.05) is 19.7 Å². The maximum absolute atomic E-state index is 11.6. The molecule has 0 fully saturated rings. The Morgan fingerprint density at radius 1 is 0.600 bits per heavy atom. The number of carbonyl (C=O) groups excluding carboxylic acids is 3. The van der Waals surface area contributed by atoms with Gasteiger partial charge < -0.3 is 14.7 Å². The number of hydrogen-bond acceptors (Lipinski definition) is 4. The van der Waals surface area contributed by atoms with Crippen molar-refractivity contribution in [1.82, 2.24) is 19.6 Å². The first kappa shape index (κ1) is 22.6. The van der Waals surface area contributed by atoms with Gasteiger partial charge in [-0.25, -0.2) is 0 Å². The van der Waals surface area contributed by atoms with Gasteiger partial charge in [0.05, 0.1) is 0 Å². The zero-order valence-electron chi connectivity index (χ0n) is 15.6. The lowest BCUT2D eigenvalue weighted by Crippen LogP contribution is -2.43. The minimum absolute atomic E-state index is 0.141. The summed E-state index contributed by atoms with van der Waals surface area (Å²) < 4.78 is 0. The normalized spacial score (nSPS) is 10.1. The maximum Gasteiger partial charge on any atom is 0.245 e. The van der Waals surface area contributed by atoms with Crippen molar-refractivity contribution in [3.63, 3.8) is 0 Å². The summed E-state index contributed by atoms with van der Waals surface area (Å²) in [6.45, 7) is 13.9. The summed E-state index contributed by atoms with van der Waals surface area (Å²) in [6, 6.07) is 0. The van der Waals surface area contributed by atoms with Crippen molar-refractivity contribution in [3.05, 3.63) is 38.0 Å². The predicted octanol–water partition coefficient (Wildman–Crippen LogP) is 0.222. The van der Waals surface area contributed by atoms with Gasteiger partial charge in [0.25, 0.3) is 0 Å². The van der Waals surface area contributed by atoms with Crippen molar-refractivity contribution < 1.29 is 14.4 Å². The van der Waals surface area contributed by atoms with E-state index >= 15 is 0 Å². The van der Waals surface area contributed by atoms with Gasteiger partial charge in [-0.2, -0.15) is 0 Å². The second-order valence-electron chi connectivity index (χ2n) is 5.73. The highest BCUT2D eigenvalue weighted by molar-refractivity contribution is 5.87. The smallest absolute Gasteiger partial charge is 0.245 e. The maximum atomic E-state index is 11.6. The van der Waals surface area contributed by atoms with Gasteiger partial charge in [0, 0.05) is 60.4 Å². The van der Waals surface area contributed by atoms with E-state index in [0.717, 1.165) is 0 Å². The summed E-state index contributed by atoms with van der Waals surface area (Å²) in [7, 11) is 5.13. The Kier molecular flexibility index (Phi) is 10.9. The molecule has 0 aliphatic heterocycles. The van der Waals surface area contributed by atoms with Crippen LogP contribution in [-0.2, 0) is 14.4 Å². The zero-order chi connectivity index (χ0) is 19.4. The Morgan fingerprint density at radius 2 is 0.840 bits per heavy atom. The summed E-state index contributed by atoms with van der Waals surface area (Å²) in [5, 5.41) is 0. The van der Waals surface area contributed by atoms with Crippen molar-refractivity contribution in [1.29, 1.82) is 0 Å². The average molecular weight is 350 g/mol. The molecular formula is C18H30N4O3. The lowest BCUT2D eigenvalue weighted by Gasteiger charge is -2.28. The molecule has 7 heteroatoms. The first-order chi connectivity index (χ1) is 11.8. The van der Waals surface area contributed by atoms with Gasteiger partial charge in [-0.15, -0.1) is 0 Å². The Morgan fingerprint density at radius 3 is 1.04 bits per heavy atom. The molecule has 0 aliphatic carbocycles. The highest BCUT2D eigenvalue weighted by Gasteiger charge is 2.13. The molecule has 0 spiro atoms. The number of likely N-dealkylation sites (N-methyl/N-ethyl adjacent to an activating group) is 3. The lowest BCUT2D eigenvalue weighted by molar-refractivity contribution is -0.125. The predicted molar refractivity (Wildman–Crippen MR) is 99.9 cm³/mol. The zero-order valence-corrected chi connectivity index (χ0v) is 15.6. The van der Waals surface area contributed by atoms with Crippen LogP contribution in [0.2, 0.25) is 0 Å². The van der Waals surface area contributed by atoms with Crippen LogP contribution >= 0.6 is 0 Å². The molecule has 0 aromatic rings. The number of carbonyl (C=O) groups is 3. The standard InChI is InChI=1S/C18H30N4O3/c1-7-16(23)19(4)10-13-22(14-11-20(5)17(24)8-2)15-12-21(6)18(25)9-3/h7-9H,1-3,10-15H2,4-6H3. The van der Waals surface area contributed by atoms with E-state index in [2.05, 4.69) is 24.6 Å². The molecule has 0 aromatic heterocycles. The van der Waals surface area contributed by atoms with E-state index in [1.165, 1.54) is 18.2 Å². The van der Waals surface area contributed by atoms with Crippen LogP contribution in [0.4, 0.5) is 0 Å². The SMILES string of the molecule is C=CC(=O)N(C)CCN(CCN(C)C(=O)C=C)CCN(C)C(=O)C=C. The molecule has 0 bridgehead atoms. The van der Waals surface area contributed by atoms with E-state index in [1.54, 1.807) is 35.8 Å². The average Bonchev–Trinajstić information content (AvgIpc) is 2.63. The quantitative estimate of drug-likeness (QED) is 0.473. The molecule has 0 saturated carbocycles. The topological polar surface area (TPSA) is 64.2 Å². The van der Waals surface area contributed by atoms with Crippen LogP contribution < -0.4 is 0 Å². The summed E-state index contributed by atoms with van der Waals surface area (Å²) in [5.41, 5.74) is 0. The molecule has 0 aliphatic rings. The summed E-state index contributed by atoms with van der Waals surface area (Å²) in [5.74, 6) is -0.423. The monoisotopic (exact) mass is 350 g/mol. The largest absolute Gasteiger partial charge is 0.341 e. The van der Waals surface area contributed by atoms with Gasteiger partial charge in [-0.05, 0) is 18.2 Å². The van der Waals surface area contributed by atoms with Crippen LogP contribution in [0.3, 0.4) is 0 Å². The van der Waals surface area contributed by atoms with Crippen molar-refractivity contribution in [3.8, 4) is 0 Å². The number of rotatable bonds is 12. The first-order valence-corrected chi connectivity index (χ1v) is 8.11. The molecule has 0 saturated heterocycles. The third-order valence-corrected chi connectivity index (χ3v) is 3.91. The van der Waals surface area contributed by atoms with Crippen LogP contribution in [0, 0.1) is 0 Å². The third-order valence-electron chi connectivity index (χ3n) is 3.91. The van der Waals surface area contributed by atoms with E-state index in [1.807, 2.05) is 0 Å². The fourth-order valence-corrected chi connectivity index (χ4v) is 2.01. The molecule has 0 aromatic carbocycles. The van der Waals surface area contributed by atoms with Gasteiger partial charge in [0.1, 0.15) is 0 Å². The Hall–Kier alpha value is -2.41. The van der Waals surface area contributed by atoms with E-state index in [4.69, 9.17) is 0 Å². The molecule has 3 amide bonds. The Balaban J connectivity index is 4.68. The Bertz CT molecular complexity index is 433. The molecule has 25 heavy (non-hydrogen) atoms. The molecule has 7 nitrogen and oxygen atoms in total. The van der Waals surface area contributed by atoms with Crippen molar-refractivity contribution in [2.24, 2.45) is 0 Å². The van der Waals surface area contributed by atoms with Crippen molar-refractivity contribution >= 4 is 17.7 Å². The first-order valence-electron chi connectivity index (χ1n) is 8.11. The van der Waals surface area contributed by atoms with E-state index in [9.17, 15) is 14.4 Å². The molecular weight excluding hydrogens is 320 g/mol. The summed E-state index contributed by atoms with van der Waals surface area (Å²) in [6.07, 6.45) is 3.83.